The number of hydrogen-bond donors (Lipinski definition) is 0. The van der Waals surface area contributed by atoms with Crippen molar-refractivity contribution in [3.63, 3.8) is 0 Å². The Hall–Kier alpha value is -2.12. The molecule has 0 unspecified atom stereocenters. The minimum Gasteiger partial charge on any atom is -0.411 e. The van der Waals surface area contributed by atoms with Crippen molar-refractivity contribution >= 4 is 58.3 Å². The molecule has 0 fully saturated rings. The Kier molecular flexibility index (Phi) is 8.51. The fourth-order valence-corrected chi connectivity index (χ4v) is 3.76. The van der Waals surface area contributed by atoms with Crippen molar-refractivity contribution in [2.24, 2.45) is 0 Å². The van der Waals surface area contributed by atoms with Crippen LogP contribution in [0.25, 0.3) is 0 Å². The molecule has 0 heterocycles. The number of nitrogens with zero attached hydrogens (tertiary/aromatic N) is 2. The van der Waals surface area contributed by atoms with Crippen molar-refractivity contribution < 1.29 is 0 Å². The van der Waals surface area contributed by atoms with E-state index in [2.05, 4.69) is 48.5 Å². The lowest BCUT2D eigenvalue weighted by Gasteiger charge is -2.30. The Balaban J connectivity index is 1.70. The van der Waals surface area contributed by atoms with Crippen LogP contribution >= 0.6 is 24.4 Å². The summed E-state index contributed by atoms with van der Waals surface area (Å²) in [4.78, 5) is 4.08. The summed E-state index contributed by atoms with van der Waals surface area (Å²) in [6.45, 7) is 2.73. The minimum absolute atomic E-state index is 0.474. The lowest BCUT2D eigenvalue weighted by Crippen LogP contribution is -2.28. The molecule has 0 saturated heterocycles. The average Bonchev–Trinajstić information content (AvgIpc) is 2.74. The van der Waals surface area contributed by atoms with Gasteiger partial charge in [-0.05, 0) is 22.3 Å². The maximum absolute atomic E-state index is 5.33. The van der Waals surface area contributed by atoms with Gasteiger partial charge >= 0.3 is 0 Å². The van der Waals surface area contributed by atoms with E-state index in [-0.39, 0.29) is 0 Å². The van der Waals surface area contributed by atoms with Gasteiger partial charge in [0.2, 0.25) is 0 Å². The van der Waals surface area contributed by atoms with Gasteiger partial charge in [-0.3, -0.25) is 0 Å². The molecule has 0 spiro atoms. The molecule has 0 aliphatic heterocycles. The first kappa shape index (κ1) is 22.6. The average molecular weight is 467 g/mol. The SMILES string of the molecule is S=C([S-])N(Cc1ccccc1)Cc1cccc(CN(Cc2ccccc2)C(=S)[S-])c1. The Labute approximate surface area is 200 Å². The summed E-state index contributed by atoms with van der Waals surface area (Å²) in [6, 6.07) is 28.9. The van der Waals surface area contributed by atoms with E-state index in [1.165, 1.54) is 11.1 Å². The maximum Gasteiger partial charge on any atom is 0.0417 e. The van der Waals surface area contributed by atoms with Crippen molar-refractivity contribution in [3.8, 4) is 0 Å². The van der Waals surface area contributed by atoms with Gasteiger partial charge in [-0.1, -0.05) is 93.6 Å². The zero-order valence-corrected chi connectivity index (χ0v) is 19.7. The molecule has 0 aliphatic carbocycles. The normalized spacial score (nSPS) is 10.4. The van der Waals surface area contributed by atoms with Gasteiger partial charge in [-0.15, -0.1) is 0 Å². The van der Waals surface area contributed by atoms with Crippen LogP contribution in [0, 0.1) is 0 Å². The van der Waals surface area contributed by atoms with Crippen LogP contribution < -0.4 is 0 Å². The first-order valence-electron chi connectivity index (χ1n) is 9.59. The van der Waals surface area contributed by atoms with Crippen LogP contribution in [-0.4, -0.2) is 18.4 Å². The second kappa shape index (κ2) is 11.3. The van der Waals surface area contributed by atoms with Gasteiger partial charge < -0.3 is 59.5 Å². The molecule has 0 aliphatic rings. The standard InChI is InChI=1S/C24H24N2S4/c27-23(28)25(15-19-8-3-1-4-9-19)17-21-12-7-13-22(14-21)18-26(24(29)30)16-20-10-5-2-6-11-20/h1-14H,15-18H2,(H,27,28)(H,29,30)/p-2. The van der Waals surface area contributed by atoms with Crippen LogP contribution in [0.3, 0.4) is 0 Å². The van der Waals surface area contributed by atoms with Gasteiger partial charge in [0.25, 0.3) is 0 Å². The fraction of sp³-hybridized carbons (Fsp3) is 0.167. The molecule has 0 saturated carbocycles. The third kappa shape index (κ3) is 6.99. The van der Waals surface area contributed by atoms with Crippen molar-refractivity contribution in [3.05, 3.63) is 107 Å². The molecular weight excluding hydrogens is 445 g/mol. The van der Waals surface area contributed by atoms with Crippen LogP contribution in [0.5, 0.6) is 0 Å². The summed E-state index contributed by atoms with van der Waals surface area (Å²) in [5, 5.41) is 0. The highest BCUT2D eigenvalue weighted by molar-refractivity contribution is 8.00. The zero-order chi connectivity index (χ0) is 21.3. The molecule has 3 aromatic rings. The first-order chi connectivity index (χ1) is 14.5. The number of rotatable bonds is 8. The lowest BCUT2D eigenvalue weighted by atomic mass is 10.1. The molecule has 3 rings (SSSR count). The molecule has 0 bridgehead atoms. The molecule has 0 atom stereocenters. The predicted molar refractivity (Wildman–Crippen MR) is 138 cm³/mol. The second-order valence-electron chi connectivity index (χ2n) is 7.04. The van der Waals surface area contributed by atoms with Gasteiger partial charge in [-0.25, -0.2) is 0 Å². The summed E-state index contributed by atoms with van der Waals surface area (Å²) in [6.07, 6.45) is 0. The van der Waals surface area contributed by atoms with Crippen molar-refractivity contribution in [2.45, 2.75) is 26.2 Å². The number of thiocarbonyl (C=S) groups is 2. The largest absolute Gasteiger partial charge is 0.411 e. The van der Waals surface area contributed by atoms with Gasteiger partial charge in [0, 0.05) is 26.2 Å². The van der Waals surface area contributed by atoms with E-state index in [1.807, 2.05) is 46.2 Å². The monoisotopic (exact) mass is 466 g/mol. The fourth-order valence-electron chi connectivity index (χ4n) is 3.24. The molecule has 30 heavy (non-hydrogen) atoms. The van der Waals surface area contributed by atoms with E-state index in [4.69, 9.17) is 49.7 Å². The Bertz CT molecular complexity index is 900. The third-order valence-corrected chi connectivity index (χ3v) is 5.72. The third-order valence-electron chi connectivity index (χ3n) is 4.69. The van der Waals surface area contributed by atoms with E-state index < -0.39 is 0 Å². The van der Waals surface area contributed by atoms with E-state index in [9.17, 15) is 0 Å². The van der Waals surface area contributed by atoms with Crippen LogP contribution in [0.15, 0.2) is 84.9 Å². The van der Waals surface area contributed by atoms with Crippen molar-refractivity contribution in [1.82, 2.24) is 9.80 Å². The molecule has 2 nitrogen and oxygen atoms in total. The highest BCUT2D eigenvalue weighted by atomic mass is 32.1. The molecule has 0 radical (unpaired) electrons. The van der Waals surface area contributed by atoms with E-state index in [0.717, 1.165) is 11.1 Å². The van der Waals surface area contributed by atoms with Gasteiger partial charge in [0.05, 0.1) is 0 Å². The molecule has 6 heteroatoms. The summed E-state index contributed by atoms with van der Waals surface area (Å²) in [5.41, 5.74) is 4.69. The smallest absolute Gasteiger partial charge is 0.0417 e. The topological polar surface area (TPSA) is 6.48 Å². The summed E-state index contributed by atoms with van der Waals surface area (Å²) in [5.74, 6) is 0. The quantitative estimate of drug-likeness (QED) is 0.324. The Morgan fingerprint density at radius 2 is 0.867 bits per heavy atom. The summed E-state index contributed by atoms with van der Waals surface area (Å²) < 4.78 is 0.948. The first-order valence-corrected chi connectivity index (χ1v) is 11.2. The van der Waals surface area contributed by atoms with Crippen LogP contribution in [0.4, 0.5) is 0 Å². The van der Waals surface area contributed by atoms with Crippen LogP contribution in [-0.2, 0) is 51.4 Å². The second-order valence-corrected chi connectivity index (χ2v) is 9.10. The van der Waals surface area contributed by atoms with Crippen LogP contribution in [0.1, 0.15) is 22.3 Å². The molecule has 3 aromatic carbocycles. The zero-order valence-electron chi connectivity index (χ0n) is 16.4. The van der Waals surface area contributed by atoms with Gasteiger partial charge in [0.1, 0.15) is 0 Å². The predicted octanol–water partition coefficient (Wildman–Crippen LogP) is 5.35. The number of hydrogen-bond acceptors (Lipinski definition) is 4. The number of benzene rings is 3. The Morgan fingerprint density at radius 1 is 0.533 bits per heavy atom. The summed E-state index contributed by atoms with van der Waals surface area (Å²) in [7, 11) is 0. The van der Waals surface area contributed by atoms with E-state index in [1.54, 1.807) is 0 Å². The molecular formula is C24H22N2S4-2. The molecule has 0 aromatic heterocycles. The highest BCUT2D eigenvalue weighted by Gasteiger charge is 2.08. The minimum atomic E-state index is 0.474. The van der Waals surface area contributed by atoms with Crippen LogP contribution in [0.2, 0.25) is 0 Å². The summed E-state index contributed by atoms with van der Waals surface area (Å²) >= 11 is 21.3. The molecule has 0 N–H and O–H groups in total. The molecule has 0 amide bonds. The van der Waals surface area contributed by atoms with Crippen molar-refractivity contribution in [1.29, 1.82) is 0 Å². The van der Waals surface area contributed by atoms with E-state index in [0.29, 0.717) is 34.8 Å². The van der Waals surface area contributed by atoms with Crippen molar-refractivity contribution in [2.75, 3.05) is 0 Å². The van der Waals surface area contributed by atoms with Gasteiger partial charge in [-0.2, -0.15) is 0 Å². The lowest BCUT2D eigenvalue weighted by molar-refractivity contribution is 0.415. The van der Waals surface area contributed by atoms with E-state index >= 15 is 0 Å². The highest BCUT2D eigenvalue weighted by Crippen LogP contribution is 2.16. The Morgan fingerprint density at radius 3 is 1.23 bits per heavy atom. The maximum atomic E-state index is 5.33. The molecule has 154 valence electrons. The van der Waals surface area contributed by atoms with Gasteiger partial charge in [0.15, 0.2) is 0 Å².